The van der Waals surface area contributed by atoms with Crippen LogP contribution in [-0.2, 0) is 9.53 Å². The van der Waals surface area contributed by atoms with Crippen LogP contribution in [0.25, 0.3) is 0 Å². The van der Waals surface area contributed by atoms with Gasteiger partial charge in [-0.3, -0.25) is 19.3 Å². The molecule has 0 saturated carbocycles. The first-order valence-corrected chi connectivity index (χ1v) is 11.7. The molecule has 8 heteroatoms. The predicted octanol–water partition coefficient (Wildman–Crippen LogP) is 3.21. The molecule has 180 valence electrons. The third-order valence-electron chi connectivity index (χ3n) is 6.74. The Balaban J connectivity index is 1.57. The minimum Gasteiger partial charge on any atom is -0.353 e. The summed E-state index contributed by atoms with van der Waals surface area (Å²) in [5.41, 5.74) is -0.511. The molecule has 2 unspecified atom stereocenters. The van der Waals surface area contributed by atoms with Crippen molar-refractivity contribution in [1.29, 1.82) is 0 Å². The summed E-state index contributed by atoms with van der Waals surface area (Å²) in [7, 11) is 0. The molecule has 2 fully saturated rings. The maximum Gasteiger partial charge on any atom is 0.256 e. The maximum atomic E-state index is 14.1. The van der Waals surface area contributed by atoms with Crippen LogP contribution in [0.15, 0.2) is 54.6 Å². The maximum absolute atomic E-state index is 14.1. The lowest BCUT2D eigenvalue weighted by molar-refractivity contribution is -0.128. The second kappa shape index (κ2) is 9.93. The molecule has 2 aromatic carbocycles. The number of rotatable bonds is 5. The number of hydrogen-bond acceptors (Lipinski definition) is 4. The summed E-state index contributed by atoms with van der Waals surface area (Å²) in [6, 6.07) is 13.9. The van der Waals surface area contributed by atoms with E-state index in [9.17, 15) is 18.8 Å². The first kappa shape index (κ1) is 23.9. The predicted molar refractivity (Wildman–Crippen MR) is 125 cm³/mol. The van der Waals surface area contributed by atoms with Crippen LogP contribution in [0.4, 0.5) is 4.39 Å². The molecule has 0 aromatic heterocycles. The number of nitrogens with zero attached hydrogens (tertiary/aromatic N) is 2. The van der Waals surface area contributed by atoms with Crippen molar-refractivity contribution in [3.63, 3.8) is 0 Å². The Morgan fingerprint density at radius 1 is 1.06 bits per heavy atom. The second-order valence-corrected chi connectivity index (χ2v) is 8.90. The van der Waals surface area contributed by atoms with E-state index in [4.69, 9.17) is 4.74 Å². The molecule has 0 aliphatic carbocycles. The summed E-state index contributed by atoms with van der Waals surface area (Å²) < 4.78 is 20.3. The van der Waals surface area contributed by atoms with E-state index in [0.717, 1.165) is 6.42 Å². The lowest BCUT2D eigenvalue weighted by Crippen LogP contribution is -2.60. The van der Waals surface area contributed by atoms with Gasteiger partial charge in [0, 0.05) is 37.5 Å². The molecule has 0 radical (unpaired) electrons. The average Bonchev–Trinajstić information content (AvgIpc) is 3.23. The number of halogens is 1. The van der Waals surface area contributed by atoms with E-state index in [1.54, 1.807) is 46.2 Å². The molecule has 2 heterocycles. The van der Waals surface area contributed by atoms with Gasteiger partial charge < -0.3 is 15.0 Å². The first-order chi connectivity index (χ1) is 16.4. The summed E-state index contributed by atoms with van der Waals surface area (Å²) in [6.45, 7) is 4.55. The van der Waals surface area contributed by atoms with Gasteiger partial charge in [0.05, 0.1) is 12.2 Å². The molecule has 34 heavy (non-hydrogen) atoms. The second-order valence-electron chi connectivity index (χ2n) is 8.90. The number of hydrogen-bond donors (Lipinski definition) is 1. The summed E-state index contributed by atoms with van der Waals surface area (Å²) in [4.78, 5) is 42.7. The van der Waals surface area contributed by atoms with Crippen molar-refractivity contribution in [1.82, 2.24) is 15.1 Å². The van der Waals surface area contributed by atoms with Crippen LogP contribution >= 0.6 is 0 Å². The number of benzene rings is 2. The highest BCUT2D eigenvalue weighted by Gasteiger charge is 2.54. The zero-order chi connectivity index (χ0) is 24.3. The molecule has 3 amide bonds. The van der Waals surface area contributed by atoms with E-state index < -0.39 is 23.5 Å². The van der Waals surface area contributed by atoms with E-state index >= 15 is 0 Å². The number of piperidine rings is 1. The molecule has 1 N–H and O–H groups in total. The Morgan fingerprint density at radius 3 is 2.35 bits per heavy atom. The standard InChI is InChI=1S/C26H30FN3O4/c1-3-18(2)28-23(31)22-17-34-26(30(22)24(32)19-9-5-4-6-10-19)13-15-29(16-14-26)25(33)20-11-7-8-12-21(20)27/h4-12,18,22H,3,13-17H2,1-2H3,(H,28,31). The van der Waals surface area contributed by atoms with Gasteiger partial charge in [0.25, 0.3) is 11.8 Å². The third-order valence-corrected chi connectivity index (χ3v) is 6.74. The number of carbonyl (C=O) groups excluding carboxylic acids is 3. The van der Waals surface area contributed by atoms with Crippen LogP contribution < -0.4 is 5.32 Å². The molecule has 1 spiro atoms. The van der Waals surface area contributed by atoms with Gasteiger partial charge in [0.1, 0.15) is 17.6 Å². The van der Waals surface area contributed by atoms with E-state index in [1.165, 1.54) is 12.1 Å². The number of amides is 3. The number of carbonyl (C=O) groups is 3. The Bertz CT molecular complexity index is 1050. The SMILES string of the molecule is CCC(C)NC(=O)C1COC2(CCN(C(=O)c3ccccc3F)CC2)N1C(=O)c1ccccc1. The average molecular weight is 468 g/mol. The smallest absolute Gasteiger partial charge is 0.256 e. The summed E-state index contributed by atoms with van der Waals surface area (Å²) in [5.74, 6) is -1.48. The van der Waals surface area contributed by atoms with Gasteiger partial charge in [-0.05, 0) is 37.6 Å². The number of nitrogens with one attached hydrogen (secondary N) is 1. The van der Waals surface area contributed by atoms with Gasteiger partial charge in [-0.1, -0.05) is 37.3 Å². The molecular weight excluding hydrogens is 437 g/mol. The highest BCUT2D eigenvalue weighted by molar-refractivity contribution is 5.98. The highest BCUT2D eigenvalue weighted by Crippen LogP contribution is 2.39. The van der Waals surface area contributed by atoms with Gasteiger partial charge in [-0.15, -0.1) is 0 Å². The molecule has 2 atom stereocenters. The van der Waals surface area contributed by atoms with Crippen molar-refractivity contribution in [2.24, 2.45) is 0 Å². The quantitative estimate of drug-likeness (QED) is 0.733. The van der Waals surface area contributed by atoms with Crippen LogP contribution in [0, 0.1) is 5.82 Å². The fraction of sp³-hybridized carbons (Fsp3) is 0.423. The fourth-order valence-corrected chi connectivity index (χ4v) is 4.59. The van der Waals surface area contributed by atoms with Crippen molar-refractivity contribution in [3.8, 4) is 0 Å². The molecule has 4 rings (SSSR count). The molecular formula is C26H30FN3O4. The van der Waals surface area contributed by atoms with Crippen LogP contribution in [0.2, 0.25) is 0 Å². The van der Waals surface area contributed by atoms with Crippen LogP contribution in [0.1, 0.15) is 53.8 Å². The fourth-order valence-electron chi connectivity index (χ4n) is 4.59. The number of ether oxygens (including phenoxy) is 1. The van der Waals surface area contributed by atoms with Gasteiger partial charge >= 0.3 is 0 Å². The summed E-state index contributed by atoms with van der Waals surface area (Å²) in [5, 5.41) is 2.97. The Hall–Kier alpha value is -3.26. The third kappa shape index (κ3) is 4.55. The highest BCUT2D eigenvalue weighted by atomic mass is 19.1. The summed E-state index contributed by atoms with van der Waals surface area (Å²) >= 11 is 0. The molecule has 2 aromatic rings. The van der Waals surface area contributed by atoms with Crippen molar-refractivity contribution in [3.05, 3.63) is 71.5 Å². The van der Waals surface area contributed by atoms with Gasteiger partial charge in [0.2, 0.25) is 5.91 Å². The van der Waals surface area contributed by atoms with Crippen molar-refractivity contribution >= 4 is 17.7 Å². The van der Waals surface area contributed by atoms with Gasteiger partial charge in [0.15, 0.2) is 0 Å². The van der Waals surface area contributed by atoms with Crippen molar-refractivity contribution in [2.45, 2.75) is 50.9 Å². The number of likely N-dealkylation sites (tertiary alicyclic amines) is 1. The van der Waals surface area contributed by atoms with Crippen LogP contribution in [-0.4, -0.2) is 65.0 Å². The minimum absolute atomic E-state index is 0.0221. The molecule has 2 saturated heterocycles. The van der Waals surface area contributed by atoms with Gasteiger partial charge in [-0.2, -0.15) is 0 Å². The van der Waals surface area contributed by atoms with Gasteiger partial charge in [-0.25, -0.2) is 4.39 Å². The first-order valence-electron chi connectivity index (χ1n) is 11.7. The van der Waals surface area contributed by atoms with Crippen LogP contribution in [0.5, 0.6) is 0 Å². The minimum atomic E-state index is -1.00. The van der Waals surface area contributed by atoms with E-state index in [1.807, 2.05) is 19.9 Å². The monoisotopic (exact) mass is 467 g/mol. The summed E-state index contributed by atoms with van der Waals surface area (Å²) in [6.07, 6.45) is 1.43. The molecule has 0 bridgehead atoms. The van der Waals surface area contributed by atoms with Crippen molar-refractivity contribution < 1.29 is 23.5 Å². The lowest BCUT2D eigenvalue weighted by atomic mass is 9.96. The lowest BCUT2D eigenvalue weighted by Gasteiger charge is -2.44. The zero-order valence-corrected chi connectivity index (χ0v) is 19.5. The Kier molecular flexibility index (Phi) is 6.97. The van der Waals surface area contributed by atoms with Crippen LogP contribution in [0.3, 0.4) is 0 Å². The topological polar surface area (TPSA) is 79.0 Å². The Morgan fingerprint density at radius 2 is 1.71 bits per heavy atom. The van der Waals surface area contributed by atoms with E-state index in [-0.39, 0.29) is 43.1 Å². The Labute approximate surface area is 198 Å². The van der Waals surface area contributed by atoms with E-state index in [0.29, 0.717) is 18.4 Å². The zero-order valence-electron chi connectivity index (χ0n) is 19.5. The molecule has 2 aliphatic heterocycles. The largest absolute Gasteiger partial charge is 0.353 e. The van der Waals surface area contributed by atoms with Crippen molar-refractivity contribution in [2.75, 3.05) is 19.7 Å². The molecule has 2 aliphatic rings. The normalized spacial score (nSPS) is 20.3. The molecule has 7 nitrogen and oxygen atoms in total. The van der Waals surface area contributed by atoms with E-state index in [2.05, 4.69) is 5.32 Å².